The minimum Gasteiger partial charge on any atom is -0.490 e. The van der Waals surface area contributed by atoms with Crippen LogP contribution in [0, 0.1) is 17.0 Å². The molecule has 2 aromatic carbocycles. The lowest BCUT2D eigenvalue weighted by molar-refractivity contribution is -0.385. The first-order chi connectivity index (χ1) is 17.2. The average molecular weight is 498 g/mol. The van der Waals surface area contributed by atoms with Crippen LogP contribution in [0.25, 0.3) is 0 Å². The van der Waals surface area contributed by atoms with E-state index in [-0.39, 0.29) is 22.6 Å². The fourth-order valence-corrected chi connectivity index (χ4v) is 3.45. The third kappa shape index (κ3) is 5.43. The van der Waals surface area contributed by atoms with Crippen molar-refractivity contribution in [2.24, 2.45) is 0 Å². The molecule has 1 aliphatic rings. The number of imide groups is 2. The average Bonchev–Trinajstić information content (AvgIpc) is 3.05. The molecule has 1 fully saturated rings. The van der Waals surface area contributed by atoms with Gasteiger partial charge in [-0.3, -0.25) is 24.5 Å². The second kappa shape index (κ2) is 11.3. The summed E-state index contributed by atoms with van der Waals surface area (Å²) in [5.74, 6) is -2.35. The van der Waals surface area contributed by atoms with Crippen molar-refractivity contribution < 1.29 is 33.6 Å². The number of benzene rings is 2. The fraction of sp³-hybridized carbons (Fsp3) is 0.333. The van der Waals surface area contributed by atoms with Gasteiger partial charge in [-0.2, -0.15) is 0 Å². The highest BCUT2D eigenvalue weighted by molar-refractivity contribution is 6.53. The zero-order valence-electron chi connectivity index (χ0n) is 20.1. The molecule has 0 aliphatic carbocycles. The summed E-state index contributed by atoms with van der Waals surface area (Å²) in [6, 6.07) is 7.55. The molecular weight excluding hydrogens is 472 g/mol. The van der Waals surface area contributed by atoms with Crippen molar-refractivity contribution in [2.45, 2.75) is 33.6 Å². The van der Waals surface area contributed by atoms with Gasteiger partial charge in [0.1, 0.15) is 6.54 Å². The third-order valence-corrected chi connectivity index (χ3v) is 5.24. The number of nitro groups is 1. The maximum atomic E-state index is 13.0. The van der Waals surface area contributed by atoms with Gasteiger partial charge in [0.25, 0.3) is 5.69 Å². The number of hydrogen-bond acceptors (Lipinski definition) is 8. The number of nitrogens with one attached hydrogen (secondary N) is 1. The van der Waals surface area contributed by atoms with Crippen LogP contribution in [0.3, 0.4) is 0 Å². The van der Waals surface area contributed by atoms with Gasteiger partial charge >= 0.3 is 17.8 Å². The molecule has 5 amide bonds. The second-order valence-corrected chi connectivity index (χ2v) is 7.90. The maximum absolute atomic E-state index is 13.0. The topological polar surface area (TPSA) is 148 Å². The molecule has 12 nitrogen and oxygen atoms in total. The number of hydrogen-bond donors (Lipinski definition) is 1. The Kier molecular flexibility index (Phi) is 8.20. The van der Waals surface area contributed by atoms with Gasteiger partial charge in [-0.15, -0.1) is 0 Å². The van der Waals surface area contributed by atoms with Crippen LogP contribution in [0.2, 0.25) is 0 Å². The van der Waals surface area contributed by atoms with Crippen molar-refractivity contribution in [1.82, 2.24) is 4.90 Å². The number of urea groups is 1. The standard InChI is InChI=1S/C24H26N4O8/c1-4-11-35-19-10-9-16(13-20(19)36-12-5-2)27-23(31)22(30)26(24(27)32)14-21(29)25-17-7-6-8-18(15(17)3)28(33)34/h6-10,13H,4-5,11-12,14H2,1-3H3,(H,25,29). The number of nitrogens with zero attached hydrogens (tertiary/aromatic N) is 3. The van der Waals surface area contributed by atoms with Crippen LogP contribution >= 0.6 is 0 Å². The van der Waals surface area contributed by atoms with E-state index in [2.05, 4.69) is 5.32 Å². The van der Waals surface area contributed by atoms with E-state index < -0.39 is 35.2 Å². The molecule has 1 saturated heterocycles. The van der Waals surface area contributed by atoms with Gasteiger partial charge in [0.2, 0.25) is 5.91 Å². The lowest BCUT2D eigenvalue weighted by Crippen LogP contribution is -2.39. The molecule has 190 valence electrons. The minimum absolute atomic E-state index is 0.0886. The predicted molar refractivity (Wildman–Crippen MR) is 129 cm³/mol. The molecule has 3 rings (SSSR count). The van der Waals surface area contributed by atoms with E-state index in [0.29, 0.717) is 40.9 Å². The third-order valence-electron chi connectivity index (χ3n) is 5.24. The van der Waals surface area contributed by atoms with Crippen LogP contribution in [-0.4, -0.2) is 53.3 Å². The Morgan fingerprint density at radius 3 is 2.31 bits per heavy atom. The summed E-state index contributed by atoms with van der Waals surface area (Å²) < 4.78 is 11.3. The normalized spacial score (nSPS) is 13.2. The van der Waals surface area contributed by atoms with E-state index in [9.17, 15) is 29.3 Å². The first kappa shape index (κ1) is 26.1. The van der Waals surface area contributed by atoms with Gasteiger partial charge in [0.15, 0.2) is 11.5 Å². The fourth-order valence-electron chi connectivity index (χ4n) is 3.45. The van der Waals surface area contributed by atoms with E-state index in [1.807, 2.05) is 13.8 Å². The monoisotopic (exact) mass is 498 g/mol. The van der Waals surface area contributed by atoms with Crippen LogP contribution in [0.4, 0.5) is 21.9 Å². The maximum Gasteiger partial charge on any atom is 0.339 e. The molecule has 0 atom stereocenters. The zero-order chi connectivity index (χ0) is 26.4. The smallest absolute Gasteiger partial charge is 0.339 e. The number of carbonyl (C=O) groups is 4. The summed E-state index contributed by atoms with van der Waals surface area (Å²) in [5, 5.41) is 13.6. The van der Waals surface area contributed by atoms with Crippen molar-refractivity contribution in [1.29, 1.82) is 0 Å². The second-order valence-electron chi connectivity index (χ2n) is 7.90. The SMILES string of the molecule is CCCOc1ccc(N2C(=O)C(=O)N(CC(=O)Nc3cccc([N+](=O)[O-])c3C)C2=O)cc1OCCC. The van der Waals surface area contributed by atoms with Crippen LogP contribution in [0.5, 0.6) is 11.5 Å². The molecule has 1 aliphatic heterocycles. The van der Waals surface area contributed by atoms with Gasteiger partial charge in [0.05, 0.1) is 35.1 Å². The van der Waals surface area contributed by atoms with Crippen LogP contribution in [0.1, 0.15) is 32.3 Å². The molecule has 0 radical (unpaired) electrons. The van der Waals surface area contributed by atoms with Crippen molar-refractivity contribution in [3.63, 3.8) is 0 Å². The first-order valence-corrected chi connectivity index (χ1v) is 11.3. The molecule has 0 aromatic heterocycles. The van der Waals surface area contributed by atoms with Gasteiger partial charge in [-0.25, -0.2) is 14.6 Å². The highest BCUT2D eigenvalue weighted by atomic mass is 16.6. The summed E-state index contributed by atoms with van der Waals surface area (Å²) in [4.78, 5) is 62.5. The molecule has 2 aromatic rings. The van der Waals surface area contributed by atoms with E-state index in [0.717, 1.165) is 6.42 Å². The Balaban J connectivity index is 1.80. The lowest BCUT2D eigenvalue weighted by Gasteiger charge is -2.18. The molecule has 0 bridgehead atoms. The zero-order valence-corrected chi connectivity index (χ0v) is 20.1. The van der Waals surface area contributed by atoms with Crippen molar-refractivity contribution >= 4 is 40.8 Å². The van der Waals surface area contributed by atoms with Gasteiger partial charge in [-0.1, -0.05) is 19.9 Å². The van der Waals surface area contributed by atoms with Crippen LogP contribution in [-0.2, 0) is 14.4 Å². The molecular formula is C24H26N4O8. The summed E-state index contributed by atoms with van der Waals surface area (Å²) in [6.45, 7) is 5.38. The number of rotatable bonds is 11. The molecule has 1 N–H and O–H groups in total. The number of amides is 5. The number of nitro benzene ring substituents is 1. The van der Waals surface area contributed by atoms with Gasteiger partial charge in [-0.05, 0) is 38.0 Å². The molecule has 0 saturated carbocycles. The van der Waals surface area contributed by atoms with Gasteiger partial charge in [0, 0.05) is 12.1 Å². The summed E-state index contributed by atoms with van der Waals surface area (Å²) in [5.41, 5.74) is 0.246. The quantitative estimate of drug-likeness (QED) is 0.214. The first-order valence-electron chi connectivity index (χ1n) is 11.3. The van der Waals surface area contributed by atoms with E-state index >= 15 is 0 Å². The molecule has 0 unspecified atom stereocenters. The Morgan fingerprint density at radius 1 is 1.00 bits per heavy atom. The Morgan fingerprint density at radius 2 is 1.67 bits per heavy atom. The van der Waals surface area contributed by atoms with Crippen molar-refractivity contribution in [3.05, 3.63) is 52.1 Å². The molecule has 36 heavy (non-hydrogen) atoms. The molecule has 12 heteroatoms. The highest BCUT2D eigenvalue weighted by Crippen LogP contribution is 2.34. The molecule has 0 spiro atoms. The van der Waals surface area contributed by atoms with Crippen molar-refractivity contribution in [3.8, 4) is 11.5 Å². The van der Waals surface area contributed by atoms with Crippen LogP contribution in [0.15, 0.2) is 36.4 Å². The summed E-state index contributed by atoms with van der Waals surface area (Å²) >= 11 is 0. The summed E-state index contributed by atoms with van der Waals surface area (Å²) in [6.07, 6.45) is 1.48. The number of ether oxygens (including phenoxy) is 2. The minimum atomic E-state index is -1.17. The van der Waals surface area contributed by atoms with E-state index in [4.69, 9.17) is 9.47 Å². The molecule has 1 heterocycles. The Hall–Kier alpha value is -4.48. The summed E-state index contributed by atoms with van der Waals surface area (Å²) in [7, 11) is 0. The largest absolute Gasteiger partial charge is 0.490 e. The number of carbonyl (C=O) groups excluding carboxylic acids is 4. The lowest BCUT2D eigenvalue weighted by atomic mass is 10.1. The van der Waals surface area contributed by atoms with E-state index in [1.165, 1.54) is 37.3 Å². The van der Waals surface area contributed by atoms with Crippen LogP contribution < -0.4 is 19.7 Å². The van der Waals surface area contributed by atoms with Crippen molar-refractivity contribution in [2.75, 3.05) is 30.0 Å². The predicted octanol–water partition coefficient (Wildman–Crippen LogP) is 3.41. The Bertz CT molecular complexity index is 1210. The van der Waals surface area contributed by atoms with Gasteiger partial charge < -0.3 is 14.8 Å². The Labute approximate surface area is 206 Å². The van der Waals surface area contributed by atoms with E-state index in [1.54, 1.807) is 6.07 Å². The number of anilines is 2. The highest BCUT2D eigenvalue weighted by Gasteiger charge is 2.46.